The van der Waals surface area contributed by atoms with E-state index in [2.05, 4.69) is 10.0 Å². The van der Waals surface area contributed by atoms with Crippen molar-refractivity contribution in [2.75, 3.05) is 22.9 Å². The van der Waals surface area contributed by atoms with Gasteiger partial charge in [0.2, 0.25) is 15.9 Å². The van der Waals surface area contributed by atoms with Gasteiger partial charge in [-0.05, 0) is 26.0 Å². The number of methoxy groups -OCH3 is 1. The van der Waals surface area contributed by atoms with Gasteiger partial charge < -0.3 is 15.8 Å². The van der Waals surface area contributed by atoms with Crippen molar-refractivity contribution in [1.29, 1.82) is 0 Å². The Morgan fingerprint density at radius 3 is 2.50 bits per heavy atom. The number of ether oxygens (including phenoxy) is 1. The van der Waals surface area contributed by atoms with Crippen molar-refractivity contribution >= 4 is 27.3 Å². The molecule has 2 atom stereocenters. The normalized spacial score (nSPS) is 14.0. The predicted octanol–water partition coefficient (Wildman–Crippen LogP) is 1.38. The molecule has 1 rings (SSSR count). The van der Waals surface area contributed by atoms with Gasteiger partial charge in [-0.25, -0.2) is 8.42 Å². The first-order valence-electron chi connectivity index (χ1n) is 6.95. The molecular weight excluding hydrogens is 306 g/mol. The number of carbonyl (C=O) groups excluding carboxylic acids is 1. The fourth-order valence-electron chi connectivity index (χ4n) is 1.59. The van der Waals surface area contributed by atoms with Crippen LogP contribution < -0.4 is 20.5 Å². The third-order valence-corrected chi connectivity index (χ3v) is 4.61. The molecule has 22 heavy (non-hydrogen) atoms. The van der Waals surface area contributed by atoms with E-state index >= 15 is 0 Å². The zero-order valence-electron chi connectivity index (χ0n) is 13.2. The van der Waals surface area contributed by atoms with E-state index in [0.717, 1.165) is 0 Å². The Hall–Kier alpha value is -1.80. The van der Waals surface area contributed by atoms with Crippen LogP contribution in [0.1, 0.15) is 20.8 Å². The van der Waals surface area contributed by atoms with Gasteiger partial charge in [-0.15, -0.1) is 0 Å². The third-order valence-electron chi connectivity index (χ3n) is 3.32. The Kier molecular flexibility index (Phi) is 6.19. The summed E-state index contributed by atoms with van der Waals surface area (Å²) in [6.07, 6.45) is 0. The van der Waals surface area contributed by atoms with Gasteiger partial charge in [0.15, 0.2) is 0 Å². The maximum Gasteiger partial charge on any atom is 0.232 e. The maximum absolute atomic E-state index is 12.0. The van der Waals surface area contributed by atoms with Crippen LogP contribution in [-0.4, -0.2) is 33.2 Å². The van der Waals surface area contributed by atoms with Crippen molar-refractivity contribution < 1.29 is 17.9 Å². The van der Waals surface area contributed by atoms with Crippen LogP contribution in [0.15, 0.2) is 18.2 Å². The number of nitrogens with two attached hydrogens (primary N) is 1. The number of benzene rings is 1. The zero-order valence-corrected chi connectivity index (χ0v) is 14.0. The lowest BCUT2D eigenvalue weighted by molar-refractivity contribution is -0.119. The van der Waals surface area contributed by atoms with Crippen LogP contribution >= 0.6 is 0 Å². The van der Waals surface area contributed by atoms with Crippen molar-refractivity contribution in [2.24, 2.45) is 11.7 Å². The lowest BCUT2D eigenvalue weighted by atomic mass is 10.0. The van der Waals surface area contributed by atoms with Crippen molar-refractivity contribution in [3.05, 3.63) is 18.2 Å². The third kappa shape index (κ3) is 4.88. The van der Waals surface area contributed by atoms with Gasteiger partial charge in [0.1, 0.15) is 5.75 Å². The Bertz CT molecular complexity index is 629. The largest absolute Gasteiger partial charge is 0.494 e. The number of anilines is 2. The standard InChI is InChI=1S/C14H23N3O4S/c1-5-22(19,20)17-12-7-6-11(8-13(12)21-4)16-14(18)9(2)10(3)15/h6-10,17H,5,15H2,1-4H3,(H,16,18). The van der Waals surface area contributed by atoms with Crippen LogP contribution in [0.3, 0.4) is 0 Å². The number of carbonyl (C=O) groups is 1. The molecule has 0 aliphatic rings. The van der Waals surface area contributed by atoms with Crippen molar-refractivity contribution in [1.82, 2.24) is 0 Å². The molecule has 2 unspecified atom stereocenters. The zero-order chi connectivity index (χ0) is 16.9. The van der Waals surface area contributed by atoms with Gasteiger partial charge in [0.05, 0.1) is 24.5 Å². The Morgan fingerprint density at radius 2 is 2.00 bits per heavy atom. The molecule has 0 aliphatic carbocycles. The fourth-order valence-corrected chi connectivity index (χ4v) is 2.24. The second kappa shape index (κ2) is 7.46. The van der Waals surface area contributed by atoms with E-state index in [-0.39, 0.29) is 23.6 Å². The summed E-state index contributed by atoms with van der Waals surface area (Å²) < 4.78 is 30.8. The molecule has 0 heterocycles. The van der Waals surface area contributed by atoms with Gasteiger partial charge in [-0.1, -0.05) is 6.92 Å². The van der Waals surface area contributed by atoms with Crippen LogP contribution in [0.2, 0.25) is 0 Å². The first kappa shape index (κ1) is 18.2. The SMILES string of the molecule is CCS(=O)(=O)Nc1ccc(NC(=O)C(C)C(C)N)cc1OC. The van der Waals surface area contributed by atoms with Gasteiger partial charge in [-0.2, -0.15) is 0 Å². The summed E-state index contributed by atoms with van der Waals surface area (Å²) in [6.45, 7) is 5.03. The van der Waals surface area contributed by atoms with Gasteiger partial charge in [0.25, 0.3) is 0 Å². The number of nitrogens with one attached hydrogen (secondary N) is 2. The van der Waals surface area contributed by atoms with Crippen molar-refractivity contribution in [3.8, 4) is 5.75 Å². The van der Waals surface area contributed by atoms with E-state index in [0.29, 0.717) is 17.1 Å². The minimum absolute atomic E-state index is 0.0411. The Labute approximate surface area is 131 Å². The second-order valence-electron chi connectivity index (χ2n) is 5.06. The molecule has 0 aromatic heterocycles. The molecule has 8 heteroatoms. The molecule has 0 radical (unpaired) electrons. The van der Waals surface area contributed by atoms with Gasteiger partial charge >= 0.3 is 0 Å². The van der Waals surface area contributed by atoms with Gasteiger partial charge in [-0.3, -0.25) is 9.52 Å². The van der Waals surface area contributed by atoms with E-state index in [1.165, 1.54) is 13.2 Å². The fraction of sp³-hybridized carbons (Fsp3) is 0.500. The van der Waals surface area contributed by atoms with E-state index < -0.39 is 10.0 Å². The quantitative estimate of drug-likeness (QED) is 0.700. The van der Waals surface area contributed by atoms with Crippen LogP contribution in [0.4, 0.5) is 11.4 Å². The minimum Gasteiger partial charge on any atom is -0.494 e. The molecule has 0 saturated carbocycles. The number of hydrogen-bond donors (Lipinski definition) is 3. The van der Waals surface area contributed by atoms with E-state index in [1.54, 1.807) is 32.9 Å². The van der Waals surface area contributed by atoms with Crippen LogP contribution in [0.5, 0.6) is 5.75 Å². The monoisotopic (exact) mass is 329 g/mol. The Balaban J connectivity index is 2.96. The second-order valence-corrected chi connectivity index (χ2v) is 7.07. The lowest BCUT2D eigenvalue weighted by Gasteiger charge is -2.17. The average Bonchev–Trinajstić information content (AvgIpc) is 2.47. The molecule has 1 aromatic rings. The Morgan fingerprint density at radius 1 is 1.36 bits per heavy atom. The van der Waals surface area contributed by atoms with E-state index in [4.69, 9.17) is 10.5 Å². The summed E-state index contributed by atoms with van der Waals surface area (Å²) in [5.74, 6) is -0.271. The van der Waals surface area contributed by atoms with Crippen LogP contribution in [-0.2, 0) is 14.8 Å². The molecule has 1 aromatic carbocycles. The number of rotatable bonds is 7. The first-order valence-corrected chi connectivity index (χ1v) is 8.60. The molecule has 1 amide bonds. The molecule has 124 valence electrons. The highest BCUT2D eigenvalue weighted by molar-refractivity contribution is 7.92. The van der Waals surface area contributed by atoms with Crippen LogP contribution in [0, 0.1) is 5.92 Å². The lowest BCUT2D eigenvalue weighted by Crippen LogP contribution is -2.34. The van der Waals surface area contributed by atoms with Crippen molar-refractivity contribution in [3.63, 3.8) is 0 Å². The highest BCUT2D eigenvalue weighted by atomic mass is 32.2. The number of sulfonamides is 1. The smallest absolute Gasteiger partial charge is 0.232 e. The number of amides is 1. The molecule has 0 aliphatic heterocycles. The summed E-state index contributed by atoms with van der Waals surface area (Å²) in [5.41, 5.74) is 6.52. The van der Waals surface area contributed by atoms with Crippen molar-refractivity contribution in [2.45, 2.75) is 26.8 Å². The molecule has 7 nitrogen and oxygen atoms in total. The summed E-state index contributed by atoms with van der Waals surface area (Å²) in [5, 5.41) is 2.73. The van der Waals surface area contributed by atoms with Gasteiger partial charge in [0, 0.05) is 17.8 Å². The molecule has 4 N–H and O–H groups in total. The molecule has 0 fully saturated rings. The highest BCUT2D eigenvalue weighted by Crippen LogP contribution is 2.29. The number of hydrogen-bond acceptors (Lipinski definition) is 5. The van der Waals surface area contributed by atoms with E-state index in [1.807, 2.05) is 0 Å². The summed E-state index contributed by atoms with van der Waals surface area (Å²) >= 11 is 0. The minimum atomic E-state index is -3.40. The average molecular weight is 329 g/mol. The predicted molar refractivity (Wildman–Crippen MR) is 87.5 cm³/mol. The summed E-state index contributed by atoms with van der Waals surface area (Å²) in [7, 11) is -1.97. The first-order chi connectivity index (χ1) is 10.2. The maximum atomic E-state index is 12.0. The summed E-state index contributed by atoms with van der Waals surface area (Å²) in [4.78, 5) is 12.0. The molecule has 0 bridgehead atoms. The molecule has 0 spiro atoms. The highest BCUT2D eigenvalue weighted by Gasteiger charge is 2.18. The molecule has 0 saturated heterocycles. The van der Waals surface area contributed by atoms with E-state index in [9.17, 15) is 13.2 Å². The summed E-state index contributed by atoms with van der Waals surface area (Å²) in [6, 6.07) is 4.43. The van der Waals surface area contributed by atoms with Crippen LogP contribution in [0.25, 0.3) is 0 Å². The molecular formula is C14H23N3O4S. The topological polar surface area (TPSA) is 111 Å².